The van der Waals surface area contributed by atoms with Crippen molar-refractivity contribution < 1.29 is 27.4 Å². The fraction of sp³-hybridized carbons (Fsp3) is 0.409. The summed E-state index contributed by atoms with van der Waals surface area (Å²) in [5.74, 6) is -0.323. The van der Waals surface area contributed by atoms with Crippen LogP contribution in [0.15, 0.2) is 48.5 Å². The molecule has 0 aliphatic heterocycles. The number of carbonyl (C=O) groups is 1. The molecule has 164 valence electrons. The van der Waals surface area contributed by atoms with E-state index in [1.807, 2.05) is 45.0 Å². The summed E-state index contributed by atoms with van der Waals surface area (Å²) in [5, 5.41) is 2.77. The Morgan fingerprint density at radius 3 is 2.37 bits per heavy atom. The van der Waals surface area contributed by atoms with E-state index in [0.717, 1.165) is 11.1 Å². The van der Waals surface area contributed by atoms with Gasteiger partial charge in [-0.1, -0.05) is 42.5 Å². The van der Waals surface area contributed by atoms with Crippen LogP contribution in [0.3, 0.4) is 0 Å². The van der Waals surface area contributed by atoms with Gasteiger partial charge in [0.2, 0.25) is 0 Å². The number of para-hydroxylation sites is 1. The van der Waals surface area contributed by atoms with Gasteiger partial charge >= 0.3 is 12.4 Å². The number of carbonyl (C=O) groups excluding carboxylic acids is 1. The number of amides is 2. The molecule has 0 radical (unpaired) electrons. The van der Waals surface area contributed by atoms with Crippen LogP contribution in [0.5, 0.6) is 5.75 Å². The normalized spacial score (nSPS) is 11.8. The van der Waals surface area contributed by atoms with E-state index < -0.39 is 12.4 Å². The highest BCUT2D eigenvalue weighted by Gasteiger charge is 2.32. The van der Waals surface area contributed by atoms with Gasteiger partial charge in [-0.25, -0.2) is 4.79 Å². The summed E-state index contributed by atoms with van der Waals surface area (Å²) in [4.78, 5) is 13.7. The lowest BCUT2D eigenvalue weighted by Gasteiger charge is -2.21. The van der Waals surface area contributed by atoms with E-state index >= 15 is 0 Å². The summed E-state index contributed by atoms with van der Waals surface area (Å²) in [5.41, 5.74) is 1.89. The lowest BCUT2D eigenvalue weighted by Crippen LogP contribution is -2.36. The Morgan fingerprint density at radius 2 is 1.70 bits per heavy atom. The lowest BCUT2D eigenvalue weighted by molar-refractivity contribution is -0.275. The van der Waals surface area contributed by atoms with Crippen molar-refractivity contribution in [2.45, 2.75) is 52.4 Å². The Kier molecular flexibility index (Phi) is 7.72. The molecule has 0 fully saturated rings. The van der Waals surface area contributed by atoms with Gasteiger partial charge in [0.05, 0.1) is 18.8 Å². The van der Waals surface area contributed by atoms with Crippen LogP contribution in [-0.4, -0.2) is 29.9 Å². The maximum absolute atomic E-state index is 12.6. The van der Waals surface area contributed by atoms with Crippen molar-refractivity contribution >= 4 is 6.03 Å². The minimum Gasteiger partial charge on any atom is -0.405 e. The summed E-state index contributed by atoms with van der Waals surface area (Å²) < 4.78 is 47.5. The molecule has 0 aliphatic carbocycles. The molecule has 0 aliphatic rings. The van der Waals surface area contributed by atoms with Gasteiger partial charge in [-0.3, -0.25) is 0 Å². The molecule has 1 N–H and O–H groups in total. The molecule has 0 saturated heterocycles. The maximum Gasteiger partial charge on any atom is 0.573 e. The van der Waals surface area contributed by atoms with Gasteiger partial charge in [0.15, 0.2) is 0 Å². The molecule has 2 aromatic rings. The number of hydrogen-bond acceptors (Lipinski definition) is 3. The first-order chi connectivity index (χ1) is 13.9. The van der Waals surface area contributed by atoms with Crippen LogP contribution in [0, 0.1) is 0 Å². The summed E-state index contributed by atoms with van der Waals surface area (Å²) in [6.45, 7) is 6.65. The fourth-order valence-corrected chi connectivity index (χ4v) is 2.63. The second-order valence-electron chi connectivity index (χ2n) is 7.89. The van der Waals surface area contributed by atoms with Gasteiger partial charge in [-0.05, 0) is 38.0 Å². The summed E-state index contributed by atoms with van der Waals surface area (Å²) >= 11 is 0. The van der Waals surface area contributed by atoms with E-state index in [4.69, 9.17) is 4.74 Å². The maximum atomic E-state index is 12.6. The molecule has 0 spiro atoms. The quantitative estimate of drug-likeness (QED) is 0.661. The number of urea groups is 1. The topological polar surface area (TPSA) is 50.8 Å². The average molecular weight is 424 g/mol. The van der Waals surface area contributed by atoms with E-state index in [1.165, 1.54) is 30.1 Å². The third kappa shape index (κ3) is 8.32. The Bertz CT molecular complexity index is 848. The Labute approximate surface area is 174 Å². The Morgan fingerprint density at radius 1 is 1.03 bits per heavy atom. The SMILES string of the molecule is CN(Cc1ccccc1OC(F)(F)F)C(=O)NCc1cccc(COC(C)(C)C)c1. The van der Waals surface area contributed by atoms with Crippen molar-refractivity contribution in [2.75, 3.05) is 7.05 Å². The minimum absolute atomic E-state index is 0.0302. The lowest BCUT2D eigenvalue weighted by atomic mass is 10.1. The van der Waals surface area contributed by atoms with E-state index in [2.05, 4.69) is 10.1 Å². The monoisotopic (exact) mass is 424 g/mol. The molecule has 30 heavy (non-hydrogen) atoms. The van der Waals surface area contributed by atoms with Crippen molar-refractivity contribution in [2.24, 2.45) is 0 Å². The van der Waals surface area contributed by atoms with Gasteiger partial charge in [-0.15, -0.1) is 13.2 Å². The molecule has 8 heteroatoms. The molecule has 5 nitrogen and oxygen atoms in total. The van der Waals surface area contributed by atoms with E-state index in [0.29, 0.717) is 6.61 Å². The predicted octanol–water partition coefficient (Wildman–Crippen LogP) is 5.24. The van der Waals surface area contributed by atoms with Gasteiger partial charge in [0, 0.05) is 19.2 Å². The molecule has 2 aromatic carbocycles. The van der Waals surface area contributed by atoms with Crippen LogP contribution in [0.25, 0.3) is 0 Å². The first-order valence-electron chi connectivity index (χ1n) is 9.47. The number of nitrogens with zero attached hydrogens (tertiary/aromatic N) is 1. The van der Waals surface area contributed by atoms with Crippen LogP contribution >= 0.6 is 0 Å². The van der Waals surface area contributed by atoms with E-state index in [9.17, 15) is 18.0 Å². The Hall–Kier alpha value is -2.74. The first kappa shape index (κ1) is 23.5. The Balaban J connectivity index is 1.93. The number of halogens is 3. The molecule has 0 saturated carbocycles. The van der Waals surface area contributed by atoms with Crippen molar-refractivity contribution in [3.8, 4) is 5.75 Å². The molecule has 0 atom stereocenters. The van der Waals surface area contributed by atoms with E-state index in [-0.39, 0.29) is 30.0 Å². The largest absolute Gasteiger partial charge is 0.573 e. The molecule has 0 aromatic heterocycles. The van der Waals surface area contributed by atoms with Gasteiger partial charge in [0.1, 0.15) is 5.75 Å². The average Bonchev–Trinajstić information content (AvgIpc) is 2.64. The number of rotatable bonds is 7. The second kappa shape index (κ2) is 9.84. The van der Waals surface area contributed by atoms with Crippen LogP contribution in [-0.2, 0) is 24.4 Å². The number of ether oxygens (including phenoxy) is 2. The van der Waals surface area contributed by atoms with Gasteiger partial charge in [-0.2, -0.15) is 0 Å². The van der Waals surface area contributed by atoms with Gasteiger partial charge < -0.3 is 19.7 Å². The summed E-state index contributed by atoms with van der Waals surface area (Å²) in [7, 11) is 1.51. The molecule has 0 unspecified atom stereocenters. The highest BCUT2D eigenvalue weighted by Crippen LogP contribution is 2.27. The fourth-order valence-electron chi connectivity index (χ4n) is 2.63. The number of nitrogens with one attached hydrogen (secondary N) is 1. The van der Waals surface area contributed by atoms with E-state index in [1.54, 1.807) is 6.07 Å². The number of alkyl halides is 3. The molecule has 0 bridgehead atoms. The first-order valence-corrected chi connectivity index (χ1v) is 9.47. The molecule has 2 rings (SSSR count). The summed E-state index contributed by atoms with van der Waals surface area (Å²) in [6.07, 6.45) is -4.79. The van der Waals surface area contributed by atoms with Crippen molar-refractivity contribution in [1.82, 2.24) is 10.2 Å². The smallest absolute Gasteiger partial charge is 0.405 e. The van der Waals surface area contributed by atoms with Crippen LogP contribution < -0.4 is 10.1 Å². The standard InChI is InChI=1S/C22H27F3N2O3/c1-21(2,3)29-15-17-9-7-8-16(12-17)13-26-20(28)27(4)14-18-10-5-6-11-19(18)30-22(23,24)25/h5-12H,13-15H2,1-4H3,(H,26,28). The number of benzene rings is 2. The molecular weight excluding hydrogens is 397 g/mol. The minimum atomic E-state index is -4.79. The zero-order valence-corrected chi connectivity index (χ0v) is 17.5. The third-order valence-corrected chi connectivity index (χ3v) is 4.06. The highest BCUT2D eigenvalue weighted by atomic mass is 19.4. The molecular formula is C22H27F3N2O3. The zero-order valence-electron chi connectivity index (χ0n) is 17.5. The van der Waals surface area contributed by atoms with Crippen molar-refractivity contribution in [3.63, 3.8) is 0 Å². The molecule has 0 heterocycles. The third-order valence-electron chi connectivity index (χ3n) is 4.06. The predicted molar refractivity (Wildman–Crippen MR) is 108 cm³/mol. The second-order valence-corrected chi connectivity index (χ2v) is 7.89. The van der Waals surface area contributed by atoms with Crippen LogP contribution in [0.2, 0.25) is 0 Å². The van der Waals surface area contributed by atoms with Crippen molar-refractivity contribution in [3.05, 3.63) is 65.2 Å². The number of hydrogen-bond donors (Lipinski definition) is 1. The van der Waals surface area contributed by atoms with Crippen molar-refractivity contribution in [1.29, 1.82) is 0 Å². The van der Waals surface area contributed by atoms with Crippen LogP contribution in [0.4, 0.5) is 18.0 Å². The molecule has 2 amide bonds. The zero-order chi connectivity index (χ0) is 22.4. The van der Waals surface area contributed by atoms with Gasteiger partial charge in [0.25, 0.3) is 0 Å². The highest BCUT2D eigenvalue weighted by molar-refractivity contribution is 5.74. The summed E-state index contributed by atoms with van der Waals surface area (Å²) in [6, 6.07) is 13.0. The van der Waals surface area contributed by atoms with Crippen LogP contribution in [0.1, 0.15) is 37.5 Å².